The van der Waals surface area contributed by atoms with E-state index in [0.29, 0.717) is 0 Å². The van der Waals surface area contributed by atoms with E-state index in [0.717, 1.165) is 19.3 Å². The molecule has 1 aliphatic rings. The third kappa shape index (κ3) is 4.97. The summed E-state index contributed by atoms with van der Waals surface area (Å²) in [7, 11) is 0. The zero-order valence-electron chi connectivity index (χ0n) is 19.4. The molecule has 0 radical (unpaired) electrons. The van der Waals surface area contributed by atoms with Gasteiger partial charge in [-0.25, -0.2) is 0 Å². The van der Waals surface area contributed by atoms with Crippen molar-refractivity contribution < 1.29 is 0 Å². The van der Waals surface area contributed by atoms with Crippen LogP contribution < -0.4 is 0 Å². The van der Waals surface area contributed by atoms with Crippen LogP contribution in [0.5, 0.6) is 0 Å². The molecule has 3 rings (SSSR count). The minimum absolute atomic E-state index is 0.914. The van der Waals surface area contributed by atoms with Gasteiger partial charge < -0.3 is 0 Å². The van der Waals surface area contributed by atoms with E-state index in [2.05, 4.69) is 113 Å². The quantitative estimate of drug-likeness (QED) is 0.318. The first-order valence-corrected chi connectivity index (χ1v) is 11.3. The molecule has 0 bridgehead atoms. The van der Waals surface area contributed by atoms with Gasteiger partial charge in [0, 0.05) is 0 Å². The van der Waals surface area contributed by atoms with Crippen LogP contribution in [0.1, 0.15) is 54.0 Å². The van der Waals surface area contributed by atoms with E-state index < -0.39 is 0 Å². The van der Waals surface area contributed by atoms with Crippen LogP contribution in [-0.4, -0.2) is 0 Å². The maximum absolute atomic E-state index is 4.01. The van der Waals surface area contributed by atoms with E-state index in [1.54, 1.807) is 0 Å². The second-order valence-corrected chi connectivity index (χ2v) is 8.09. The van der Waals surface area contributed by atoms with E-state index >= 15 is 0 Å². The first-order chi connectivity index (χ1) is 15.1. The molecule has 0 atom stereocenters. The second-order valence-electron chi connectivity index (χ2n) is 8.09. The van der Waals surface area contributed by atoms with Gasteiger partial charge in [-0.1, -0.05) is 98.5 Å². The predicted molar refractivity (Wildman–Crippen MR) is 139 cm³/mol. The Hall–Kier alpha value is -3.12. The van der Waals surface area contributed by atoms with Gasteiger partial charge in [0.1, 0.15) is 0 Å². The van der Waals surface area contributed by atoms with Crippen molar-refractivity contribution in [3.05, 3.63) is 119 Å². The van der Waals surface area contributed by atoms with E-state index in [4.69, 9.17) is 0 Å². The molecule has 2 aromatic carbocycles. The monoisotopic (exact) mass is 406 g/mol. The molecule has 0 fully saturated rings. The zero-order valence-corrected chi connectivity index (χ0v) is 19.4. The smallest absolute Gasteiger partial charge is 0.00882 e. The first kappa shape index (κ1) is 22.6. The van der Waals surface area contributed by atoms with Crippen molar-refractivity contribution in [3.63, 3.8) is 0 Å². The topological polar surface area (TPSA) is 0 Å². The van der Waals surface area contributed by atoms with E-state index in [9.17, 15) is 0 Å². The van der Waals surface area contributed by atoms with Gasteiger partial charge in [0.15, 0.2) is 0 Å². The average molecular weight is 407 g/mol. The lowest BCUT2D eigenvalue weighted by Gasteiger charge is -2.25. The summed E-state index contributed by atoms with van der Waals surface area (Å²) in [5.41, 5.74) is 12.1. The zero-order chi connectivity index (χ0) is 22.2. The number of hydrogen-bond donors (Lipinski definition) is 0. The highest BCUT2D eigenvalue weighted by atomic mass is 14.3. The number of allylic oxidation sites excluding steroid dienone is 11. The van der Waals surface area contributed by atoms with Crippen molar-refractivity contribution in [2.75, 3.05) is 0 Å². The molecule has 0 amide bonds. The van der Waals surface area contributed by atoms with Crippen LogP contribution >= 0.6 is 0 Å². The lowest BCUT2D eigenvalue weighted by molar-refractivity contribution is 1.19. The van der Waals surface area contributed by atoms with Gasteiger partial charge in [0.2, 0.25) is 0 Å². The van der Waals surface area contributed by atoms with Gasteiger partial charge in [0.25, 0.3) is 0 Å². The maximum atomic E-state index is 4.01. The summed E-state index contributed by atoms with van der Waals surface area (Å²) in [5, 5.41) is 0. The molecule has 0 nitrogen and oxygen atoms in total. The van der Waals surface area contributed by atoms with E-state index in [-0.39, 0.29) is 0 Å². The molecule has 2 aromatic rings. The van der Waals surface area contributed by atoms with Gasteiger partial charge >= 0.3 is 0 Å². The molecule has 31 heavy (non-hydrogen) atoms. The highest BCUT2D eigenvalue weighted by molar-refractivity contribution is 5.89. The molecule has 0 saturated heterocycles. The highest BCUT2D eigenvalue weighted by Crippen LogP contribution is 2.42. The summed E-state index contributed by atoms with van der Waals surface area (Å²) in [5.74, 6) is 0. The van der Waals surface area contributed by atoms with E-state index in [1.807, 2.05) is 6.08 Å². The van der Waals surface area contributed by atoms with Crippen LogP contribution in [0.2, 0.25) is 0 Å². The van der Waals surface area contributed by atoms with Crippen LogP contribution in [0.4, 0.5) is 0 Å². The van der Waals surface area contributed by atoms with E-state index in [1.165, 1.54) is 50.1 Å². The van der Waals surface area contributed by atoms with Gasteiger partial charge in [-0.15, -0.1) is 0 Å². The average Bonchev–Trinajstić information content (AvgIpc) is 3.04. The largest absolute Gasteiger partial charge is 0.0991 e. The van der Waals surface area contributed by atoms with Crippen molar-refractivity contribution in [1.29, 1.82) is 0 Å². The lowest BCUT2D eigenvalue weighted by atomic mass is 9.79. The molecule has 0 aromatic heterocycles. The minimum atomic E-state index is 0.914. The van der Waals surface area contributed by atoms with Gasteiger partial charge in [0.05, 0.1) is 0 Å². The summed E-state index contributed by atoms with van der Waals surface area (Å²) in [6.07, 6.45) is 22.5. The molecule has 158 valence electrons. The Morgan fingerprint density at radius 3 is 2.35 bits per heavy atom. The van der Waals surface area contributed by atoms with Crippen molar-refractivity contribution in [1.82, 2.24) is 0 Å². The van der Waals surface area contributed by atoms with Crippen molar-refractivity contribution in [2.45, 2.75) is 47.0 Å². The van der Waals surface area contributed by atoms with Gasteiger partial charge in [-0.05, 0) is 90.1 Å². The number of rotatable bonds is 7. The Morgan fingerprint density at radius 1 is 0.903 bits per heavy atom. The Bertz CT molecular complexity index is 1080. The third-order valence-corrected chi connectivity index (χ3v) is 6.01. The number of benzene rings is 2. The summed E-state index contributed by atoms with van der Waals surface area (Å²) in [6, 6.07) is 10.8. The Kier molecular flexibility index (Phi) is 7.84. The third-order valence-electron chi connectivity index (χ3n) is 6.01. The molecule has 0 heterocycles. The maximum Gasteiger partial charge on any atom is -0.00882 e. The fourth-order valence-corrected chi connectivity index (χ4v) is 4.76. The summed E-state index contributed by atoms with van der Waals surface area (Å²) < 4.78 is 0. The summed E-state index contributed by atoms with van der Waals surface area (Å²) in [6.45, 7) is 13.0. The van der Waals surface area contributed by atoms with Crippen LogP contribution in [-0.2, 0) is 0 Å². The molecule has 0 heteroatoms. The summed E-state index contributed by atoms with van der Waals surface area (Å²) in [4.78, 5) is 0. The lowest BCUT2D eigenvalue weighted by Crippen LogP contribution is -2.05. The van der Waals surface area contributed by atoms with Gasteiger partial charge in [-0.3, -0.25) is 0 Å². The van der Waals surface area contributed by atoms with Crippen molar-refractivity contribution >= 4 is 11.1 Å². The van der Waals surface area contributed by atoms with Gasteiger partial charge in [-0.2, -0.15) is 0 Å². The van der Waals surface area contributed by atoms with Crippen molar-refractivity contribution in [3.8, 4) is 11.1 Å². The summed E-state index contributed by atoms with van der Waals surface area (Å²) >= 11 is 0. The molecule has 0 aliphatic heterocycles. The Labute approximate surface area is 188 Å². The standard InChI is InChI=1S/C31H34/c1-6-8-12-18-26(17-7-2)29-23(3)30(27-19-13-9-10-14-20-27)25(5)31(24(29)4)28-21-15-11-16-22-28/h7-17,19,21-22H,2,6,18,20H2,1,3-5H3/b12-8-,26-17+. The van der Waals surface area contributed by atoms with Crippen LogP contribution in [0.15, 0.2) is 91.6 Å². The fraction of sp³-hybridized carbons (Fsp3) is 0.226. The molecular formula is C31H34. The SMILES string of the molecule is C=C/C=C(\C/C=C\CC)c1c(C)c(C2=CC=CC=CC2)c(C)c(-c2ccccc2)c1C. The first-order valence-electron chi connectivity index (χ1n) is 11.3. The molecule has 0 spiro atoms. The normalized spacial score (nSPS) is 14.1. The second kappa shape index (κ2) is 10.8. The highest BCUT2D eigenvalue weighted by Gasteiger charge is 2.21. The minimum Gasteiger partial charge on any atom is -0.0991 e. The Balaban J connectivity index is 2.35. The van der Waals surface area contributed by atoms with Crippen LogP contribution in [0.25, 0.3) is 22.3 Å². The van der Waals surface area contributed by atoms with Crippen LogP contribution in [0.3, 0.4) is 0 Å². The molecule has 0 saturated carbocycles. The molecular weight excluding hydrogens is 372 g/mol. The predicted octanol–water partition coefficient (Wildman–Crippen LogP) is 9.10. The number of hydrogen-bond acceptors (Lipinski definition) is 0. The van der Waals surface area contributed by atoms with Crippen LogP contribution in [0, 0.1) is 20.8 Å². The fourth-order valence-electron chi connectivity index (χ4n) is 4.76. The molecule has 1 aliphatic carbocycles. The van der Waals surface area contributed by atoms with Crippen molar-refractivity contribution in [2.24, 2.45) is 0 Å². The Morgan fingerprint density at radius 2 is 1.65 bits per heavy atom. The molecule has 0 N–H and O–H groups in total. The molecule has 0 unspecified atom stereocenters.